The van der Waals surface area contributed by atoms with Gasteiger partial charge in [-0.1, -0.05) is 48.2 Å². The van der Waals surface area contributed by atoms with Crippen LogP contribution in [0.3, 0.4) is 0 Å². The highest BCUT2D eigenvalue weighted by Gasteiger charge is 2.60. The molecular formula is C33H45N6O4S2+3. The molecule has 2 aromatic heterocycles. The topological polar surface area (TPSA) is 112 Å². The van der Waals surface area contributed by atoms with Crippen LogP contribution in [0.25, 0.3) is 10.4 Å². The third-order valence-corrected chi connectivity index (χ3v) is 13.2. The Morgan fingerprint density at radius 2 is 1.87 bits per heavy atom. The van der Waals surface area contributed by atoms with E-state index in [1.54, 1.807) is 30.0 Å². The number of piperazine rings is 3. The first-order valence-electron chi connectivity index (χ1n) is 16.1. The number of aliphatic carboxylic acids is 1. The summed E-state index contributed by atoms with van der Waals surface area (Å²) < 4.78 is 6.84. The first-order chi connectivity index (χ1) is 21.6. The second-order valence-electron chi connectivity index (χ2n) is 13.8. The molecule has 4 N–H and O–H groups in total. The average molecular weight is 654 g/mol. The number of β-lactam (4-membered cyclic amide) rings is 1. The van der Waals surface area contributed by atoms with Gasteiger partial charge in [-0.05, 0) is 31.4 Å². The number of nitrogens with two attached hydrogens (primary N) is 1. The van der Waals surface area contributed by atoms with Crippen molar-refractivity contribution in [2.45, 2.75) is 50.5 Å². The van der Waals surface area contributed by atoms with Gasteiger partial charge in [0.15, 0.2) is 0 Å². The molecule has 0 spiro atoms. The Balaban J connectivity index is 1.11. The predicted octanol–water partition coefficient (Wildman–Crippen LogP) is 2.22. The van der Waals surface area contributed by atoms with Crippen molar-refractivity contribution in [1.29, 1.82) is 0 Å². The molecule has 240 valence electrons. The van der Waals surface area contributed by atoms with E-state index < -0.39 is 18.0 Å². The van der Waals surface area contributed by atoms with E-state index in [1.807, 2.05) is 13.1 Å². The fourth-order valence-electron chi connectivity index (χ4n) is 8.62. The fourth-order valence-corrected chi connectivity index (χ4v) is 10.8. The number of aromatic nitrogens is 2. The second kappa shape index (κ2) is 11.5. The number of carbonyl (C=O) groups excluding carboxylic acids is 1. The summed E-state index contributed by atoms with van der Waals surface area (Å²) in [6.45, 7) is 15.0. The highest BCUT2D eigenvalue weighted by atomic mass is 32.2. The predicted molar refractivity (Wildman–Crippen MR) is 174 cm³/mol. The molecule has 2 bridgehead atoms. The Kier molecular flexibility index (Phi) is 7.89. The zero-order valence-electron chi connectivity index (χ0n) is 26.4. The molecule has 0 aliphatic carbocycles. The van der Waals surface area contributed by atoms with E-state index in [4.69, 9.17) is 5.73 Å². The number of thioether (sulfide) groups is 1. The molecule has 5 aliphatic rings. The standard InChI is InChI=1S/C33H44N6O4S2/c1-21-26(29(33(42)43)37-28(21)27(22(2)40)30(37)41)25-18-36-20-35(31(44-3)32(36)45-25)17-23-6-4-7-24(16-23)19-39-13-10-38(11-14-39,12-15-39)9-5-8-34/h4,6-7,16,18,20-22,27-28,40H,5,8-15,17,19,34H2,1-3H3/q+2/p+1/t21-,22+,27+,28+,38?,39?/m0/s1. The number of benzene rings is 1. The van der Waals surface area contributed by atoms with Crippen LogP contribution in [0.15, 0.2) is 47.5 Å². The number of carboxylic acid groups (broad SMARTS) is 1. The zero-order chi connectivity index (χ0) is 31.7. The molecule has 45 heavy (non-hydrogen) atoms. The maximum Gasteiger partial charge on any atom is 0.352 e. The fraction of sp³-hybridized carbons (Fsp3) is 0.545. The number of amides is 1. The smallest absolute Gasteiger partial charge is 0.352 e. The summed E-state index contributed by atoms with van der Waals surface area (Å²) in [5.74, 6) is -2.15. The summed E-state index contributed by atoms with van der Waals surface area (Å²) in [5.41, 5.74) is 9.25. The van der Waals surface area contributed by atoms with Crippen LogP contribution in [0.4, 0.5) is 0 Å². The largest absolute Gasteiger partial charge is 0.477 e. The van der Waals surface area contributed by atoms with Gasteiger partial charge in [-0.25, -0.2) is 9.36 Å². The number of aliphatic hydroxyl groups is 1. The number of carboxylic acids is 1. The van der Waals surface area contributed by atoms with Gasteiger partial charge in [-0.3, -0.25) is 4.79 Å². The molecule has 7 heterocycles. The van der Waals surface area contributed by atoms with E-state index in [-0.39, 0.29) is 23.6 Å². The monoisotopic (exact) mass is 653 g/mol. The van der Waals surface area contributed by atoms with Gasteiger partial charge in [0.25, 0.3) is 6.33 Å². The van der Waals surface area contributed by atoms with E-state index >= 15 is 0 Å². The Morgan fingerprint density at radius 3 is 2.51 bits per heavy atom. The Hall–Kier alpha value is -2.74. The maximum atomic E-state index is 12.8. The Labute approximate surface area is 272 Å². The lowest BCUT2D eigenvalue weighted by Gasteiger charge is -2.55. The van der Waals surface area contributed by atoms with Gasteiger partial charge in [0.05, 0.1) is 29.5 Å². The van der Waals surface area contributed by atoms with Gasteiger partial charge in [0.2, 0.25) is 15.8 Å². The van der Waals surface area contributed by atoms with Crippen molar-refractivity contribution in [3.63, 3.8) is 0 Å². The summed E-state index contributed by atoms with van der Waals surface area (Å²) in [6.07, 6.45) is 6.49. The lowest BCUT2D eigenvalue weighted by molar-refractivity contribution is -1.09. The number of hydrogen-bond donors (Lipinski definition) is 3. The molecular weight excluding hydrogens is 609 g/mol. The van der Waals surface area contributed by atoms with E-state index in [0.717, 1.165) is 40.8 Å². The molecule has 0 unspecified atom stereocenters. The number of nitrogens with zero attached hydrogens (tertiary/aromatic N) is 5. The van der Waals surface area contributed by atoms with Gasteiger partial charge < -0.3 is 29.8 Å². The Morgan fingerprint density at radius 1 is 1.18 bits per heavy atom. The minimum Gasteiger partial charge on any atom is -0.477 e. The van der Waals surface area contributed by atoms with Crippen LogP contribution < -0.4 is 10.3 Å². The molecule has 8 rings (SSSR count). The van der Waals surface area contributed by atoms with Crippen molar-refractivity contribution >= 4 is 45.4 Å². The molecule has 4 saturated heterocycles. The molecule has 1 amide bonds. The lowest BCUT2D eigenvalue weighted by atomic mass is 9.77. The van der Waals surface area contributed by atoms with Crippen LogP contribution >= 0.6 is 23.1 Å². The molecule has 5 aliphatic heterocycles. The van der Waals surface area contributed by atoms with Gasteiger partial charge in [0.1, 0.15) is 64.3 Å². The summed E-state index contributed by atoms with van der Waals surface area (Å²) in [4.78, 5) is 28.5. The Bertz CT molecular complexity index is 1670. The molecule has 10 nitrogen and oxygen atoms in total. The molecule has 1 aromatic carbocycles. The number of quaternary nitrogens is 2. The second-order valence-corrected chi connectivity index (χ2v) is 15.6. The van der Waals surface area contributed by atoms with Crippen LogP contribution in [-0.2, 0) is 22.7 Å². The van der Waals surface area contributed by atoms with Crippen molar-refractivity contribution in [1.82, 2.24) is 9.30 Å². The van der Waals surface area contributed by atoms with Crippen molar-refractivity contribution in [3.8, 4) is 0 Å². The molecule has 0 radical (unpaired) electrons. The van der Waals surface area contributed by atoms with Crippen molar-refractivity contribution in [3.05, 3.63) is 58.5 Å². The zero-order valence-corrected chi connectivity index (χ0v) is 28.0. The van der Waals surface area contributed by atoms with Crippen LogP contribution in [0.2, 0.25) is 0 Å². The molecule has 3 aromatic rings. The lowest BCUT2D eigenvalue weighted by Crippen LogP contribution is -2.74. The van der Waals surface area contributed by atoms with Crippen LogP contribution in [-0.4, -0.2) is 111 Å². The number of carbonyl (C=O) groups is 2. The van der Waals surface area contributed by atoms with E-state index in [9.17, 15) is 19.8 Å². The van der Waals surface area contributed by atoms with Crippen molar-refractivity contribution < 1.29 is 33.3 Å². The first kappa shape index (κ1) is 30.9. The number of imidazole rings is 1. The average Bonchev–Trinajstić information content (AvgIpc) is 3.64. The number of fused-ring (bicyclic) bond motifs is 5. The van der Waals surface area contributed by atoms with E-state index in [1.165, 1.54) is 70.8 Å². The highest BCUT2D eigenvalue weighted by molar-refractivity contribution is 7.98. The molecule has 12 heteroatoms. The number of rotatable bonds is 11. The minimum absolute atomic E-state index is 0.0586. The van der Waals surface area contributed by atoms with Crippen LogP contribution in [0, 0.1) is 11.8 Å². The molecule has 0 saturated carbocycles. The summed E-state index contributed by atoms with van der Waals surface area (Å²) in [6, 6.07) is 8.75. The number of aliphatic hydroxyl groups excluding tert-OH is 1. The summed E-state index contributed by atoms with van der Waals surface area (Å²) in [7, 11) is 0. The number of thiazole rings is 1. The quantitative estimate of drug-likeness (QED) is 0.127. The highest BCUT2D eigenvalue weighted by Crippen LogP contribution is 2.51. The molecule has 4 fully saturated rings. The van der Waals surface area contributed by atoms with Crippen LogP contribution in [0.1, 0.15) is 36.3 Å². The SMILES string of the molecule is CSc1c2sc(C3=C(C(=O)O)N4C(=O)[C@H]([C@@H](C)O)[C@H]4[C@H]3C)cn2c[n+]1Cc1cccc(C[N+]23CC[N+](CCCN)(CC2)CC3)c1. The van der Waals surface area contributed by atoms with Gasteiger partial charge in [-0.15, -0.1) is 0 Å². The third kappa shape index (κ3) is 5.05. The van der Waals surface area contributed by atoms with Crippen molar-refractivity contribution in [2.75, 3.05) is 58.6 Å². The summed E-state index contributed by atoms with van der Waals surface area (Å²) >= 11 is 3.26. The number of hydrogen-bond acceptors (Lipinski definition) is 6. The summed E-state index contributed by atoms with van der Waals surface area (Å²) in [5, 5.41) is 21.5. The molecule has 4 atom stereocenters. The van der Waals surface area contributed by atoms with Crippen molar-refractivity contribution in [2.24, 2.45) is 17.6 Å². The van der Waals surface area contributed by atoms with E-state index in [2.05, 4.69) is 45.8 Å². The normalized spacial score (nSPS) is 29.8. The maximum absolute atomic E-state index is 12.8. The van der Waals surface area contributed by atoms with Gasteiger partial charge in [-0.2, -0.15) is 4.40 Å². The third-order valence-electron chi connectivity index (χ3n) is 11.1. The first-order valence-corrected chi connectivity index (χ1v) is 18.2. The van der Waals surface area contributed by atoms with Crippen LogP contribution in [0.5, 0.6) is 0 Å². The van der Waals surface area contributed by atoms with Gasteiger partial charge in [0, 0.05) is 23.5 Å². The van der Waals surface area contributed by atoms with E-state index in [0.29, 0.717) is 5.57 Å². The van der Waals surface area contributed by atoms with Gasteiger partial charge >= 0.3 is 5.97 Å². The minimum atomic E-state index is -1.10.